The highest BCUT2D eigenvalue weighted by Gasteiger charge is 2.29. The number of carbonyl (C=O) groups is 1. The van der Waals surface area contributed by atoms with Crippen LogP contribution in [0.2, 0.25) is 0 Å². The summed E-state index contributed by atoms with van der Waals surface area (Å²) in [6, 6.07) is 0.382. The zero-order valence-electron chi connectivity index (χ0n) is 9.47. The highest BCUT2D eigenvalue weighted by molar-refractivity contribution is 5.82. The summed E-state index contributed by atoms with van der Waals surface area (Å²) in [4.78, 5) is 11.8. The summed E-state index contributed by atoms with van der Waals surface area (Å²) < 4.78 is 0. The van der Waals surface area contributed by atoms with E-state index in [1.165, 1.54) is 0 Å². The minimum atomic E-state index is 0.0376. The molecular formula is C11H22N2O. The number of amides is 1. The van der Waals surface area contributed by atoms with E-state index < -0.39 is 0 Å². The second-order valence-electron chi connectivity index (χ2n) is 4.22. The molecule has 0 aromatic carbocycles. The van der Waals surface area contributed by atoms with Gasteiger partial charge in [0, 0.05) is 6.04 Å². The van der Waals surface area contributed by atoms with Crippen LogP contribution in [0.5, 0.6) is 0 Å². The van der Waals surface area contributed by atoms with Crippen molar-refractivity contribution in [1.29, 1.82) is 0 Å². The minimum Gasteiger partial charge on any atom is -0.352 e. The molecule has 0 aliphatic carbocycles. The van der Waals surface area contributed by atoms with Gasteiger partial charge >= 0.3 is 0 Å². The van der Waals surface area contributed by atoms with Crippen LogP contribution in [0, 0.1) is 5.92 Å². The van der Waals surface area contributed by atoms with Gasteiger partial charge in [0.15, 0.2) is 0 Å². The standard InChI is InChI=1S/C11H22N2O/c1-4-9(5-2)13-11(14)10-8(3)6-7-12-10/h8-10,12H,4-7H2,1-3H3,(H,13,14). The van der Waals surface area contributed by atoms with Gasteiger partial charge in [0.1, 0.15) is 0 Å². The Hall–Kier alpha value is -0.570. The van der Waals surface area contributed by atoms with E-state index in [1.54, 1.807) is 0 Å². The summed E-state index contributed by atoms with van der Waals surface area (Å²) in [6.45, 7) is 7.33. The van der Waals surface area contributed by atoms with E-state index in [9.17, 15) is 4.79 Å². The Morgan fingerprint density at radius 2 is 2.14 bits per heavy atom. The molecule has 2 N–H and O–H groups in total. The lowest BCUT2D eigenvalue weighted by molar-refractivity contribution is -0.124. The first-order chi connectivity index (χ1) is 6.69. The Balaban J connectivity index is 2.40. The third-order valence-corrected chi connectivity index (χ3v) is 3.15. The quantitative estimate of drug-likeness (QED) is 0.714. The molecule has 0 aromatic heterocycles. The largest absolute Gasteiger partial charge is 0.352 e. The van der Waals surface area contributed by atoms with Crippen molar-refractivity contribution >= 4 is 5.91 Å². The van der Waals surface area contributed by atoms with Crippen LogP contribution in [-0.2, 0) is 4.79 Å². The van der Waals surface area contributed by atoms with Crippen LogP contribution >= 0.6 is 0 Å². The number of hydrogen-bond acceptors (Lipinski definition) is 2. The van der Waals surface area contributed by atoms with Crippen molar-refractivity contribution in [2.45, 2.75) is 52.1 Å². The Kier molecular flexibility index (Phi) is 4.39. The van der Waals surface area contributed by atoms with Crippen LogP contribution in [0.3, 0.4) is 0 Å². The average Bonchev–Trinajstić information content (AvgIpc) is 2.60. The van der Waals surface area contributed by atoms with Crippen molar-refractivity contribution in [3.63, 3.8) is 0 Å². The SMILES string of the molecule is CCC(CC)NC(=O)C1NCCC1C. The van der Waals surface area contributed by atoms with Crippen LogP contribution in [0.15, 0.2) is 0 Å². The molecule has 1 saturated heterocycles. The highest BCUT2D eigenvalue weighted by Crippen LogP contribution is 2.14. The van der Waals surface area contributed by atoms with Crippen LogP contribution in [0.4, 0.5) is 0 Å². The summed E-state index contributed by atoms with van der Waals surface area (Å²) in [5, 5.41) is 6.33. The van der Waals surface area contributed by atoms with Gasteiger partial charge in [-0.05, 0) is 31.7 Å². The van der Waals surface area contributed by atoms with Crippen molar-refractivity contribution in [3.05, 3.63) is 0 Å². The first kappa shape index (κ1) is 11.5. The first-order valence-electron chi connectivity index (χ1n) is 5.72. The summed E-state index contributed by atoms with van der Waals surface area (Å²) in [7, 11) is 0. The highest BCUT2D eigenvalue weighted by atomic mass is 16.2. The zero-order valence-corrected chi connectivity index (χ0v) is 9.47. The average molecular weight is 198 g/mol. The van der Waals surface area contributed by atoms with Crippen molar-refractivity contribution in [2.24, 2.45) is 5.92 Å². The normalized spacial score (nSPS) is 26.9. The molecule has 0 spiro atoms. The van der Waals surface area contributed by atoms with Crippen molar-refractivity contribution in [2.75, 3.05) is 6.54 Å². The maximum absolute atomic E-state index is 11.8. The van der Waals surface area contributed by atoms with Crippen LogP contribution in [-0.4, -0.2) is 24.5 Å². The van der Waals surface area contributed by atoms with Crippen LogP contribution < -0.4 is 10.6 Å². The molecule has 0 saturated carbocycles. The number of hydrogen-bond donors (Lipinski definition) is 2. The molecule has 1 rings (SSSR count). The molecule has 1 amide bonds. The molecule has 2 atom stereocenters. The number of carbonyl (C=O) groups excluding carboxylic acids is 1. The third-order valence-electron chi connectivity index (χ3n) is 3.15. The van der Waals surface area contributed by atoms with Crippen molar-refractivity contribution in [3.8, 4) is 0 Å². The fourth-order valence-electron chi connectivity index (χ4n) is 1.97. The van der Waals surface area contributed by atoms with Crippen molar-refractivity contribution < 1.29 is 4.79 Å². The number of nitrogens with one attached hydrogen (secondary N) is 2. The van der Waals surface area contributed by atoms with Crippen LogP contribution in [0.1, 0.15) is 40.0 Å². The molecule has 3 heteroatoms. The van der Waals surface area contributed by atoms with E-state index in [0.29, 0.717) is 12.0 Å². The topological polar surface area (TPSA) is 41.1 Å². The summed E-state index contributed by atoms with van der Waals surface area (Å²) in [5.41, 5.74) is 0. The summed E-state index contributed by atoms with van der Waals surface area (Å²) in [6.07, 6.45) is 3.15. The van der Waals surface area contributed by atoms with Crippen molar-refractivity contribution in [1.82, 2.24) is 10.6 Å². The molecule has 0 aromatic rings. The van der Waals surface area contributed by atoms with Gasteiger partial charge in [0.05, 0.1) is 6.04 Å². The van der Waals surface area contributed by atoms with Gasteiger partial charge in [-0.1, -0.05) is 20.8 Å². The lowest BCUT2D eigenvalue weighted by atomic mass is 10.0. The van der Waals surface area contributed by atoms with Gasteiger partial charge in [-0.25, -0.2) is 0 Å². The third kappa shape index (κ3) is 2.71. The molecular weight excluding hydrogens is 176 g/mol. The number of rotatable bonds is 4. The Morgan fingerprint density at radius 1 is 1.50 bits per heavy atom. The minimum absolute atomic E-state index is 0.0376. The smallest absolute Gasteiger partial charge is 0.237 e. The summed E-state index contributed by atoms with van der Waals surface area (Å²) >= 11 is 0. The maximum Gasteiger partial charge on any atom is 0.237 e. The van der Waals surface area contributed by atoms with Crippen LogP contribution in [0.25, 0.3) is 0 Å². The second-order valence-corrected chi connectivity index (χ2v) is 4.22. The fourth-order valence-corrected chi connectivity index (χ4v) is 1.97. The molecule has 0 bridgehead atoms. The second kappa shape index (κ2) is 5.35. The van der Waals surface area contributed by atoms with E-state index >= 15 is 0 Å². The Labute approximate surface area is 86.6 Å². The van der Waals surface area contributed by atoms with E-state index in [0.717, 1.165) is 25.8 Å². The van der Waals surface area contributed by atoms with Gasteiger partial charge in [-0.15, -0.1) is 0 Å². The molecule has 1 aliphatic heterocycles. The van der Waals surface area contributed by atoms with Gasteiger partial charge < -0.3 is 10.6 Å². The molecule has 1 aliphatic rings. The molecule has 1 heterocycles. The summed E-state index contributed by atoms with van der Waals surface area (Å²) in [5.74, 6) is 0.660. The Bertz CT molecular complexity index is 190. The Morgan fingerprint density at radius 3 is 2.57 bits per heavy atom. The van der Waals surface area contributed by atoms with Gasteiger partial charge in [-0.3, -0.25) is 4.79 Å². The molecule has 1 fully saturated rings. The molecule has 82 valence electrons. The van der Waals surface area contributed by atoms with E-state index in [2.05, 4.69) is 31.4 Å². The van der Waals surface area contributed by atoms with Gasteiger partial charge in [0.25, 0.3) is 0 Å². The predicted octanol–water partition coefficient (Wildman–Crippen LogP) is 1.29. The molecule has 2 unspecified atom stereocenters. The lowest BCUT2D eigenvalue weighted by Crippen LogP contribution is -2.46. The predicted molar refractivity (Wildman–Crippen MR) is 58.1 cm³/mol. The van der Waals surface area contributed by atoms with Gasteiger partial charge in [0.2, 0.25) is 5.91 Å². The van der Waals surface area contributed by atoms with E-state index in [1.807, 2.05) is 0 Å². The molecule has 14 heavy (non-hydrogen) atoms. The zero-order chi connectivity index (χ0) is 10.6. The fraction of sp³-hybridized carbons (Fsp3) is 0.909. The maximum atomic E-state index is 11.8. The van der Waals surface area contributed by atoms with Gasteiger partial charge in [-0.2, -0.15) is 0 Å². The monoisotopic (exact) mass is 198 g/mol. The lowest BCUT2D eigenvalue weighted by Gasteiger charge is -2.20. The first-order valence-corrected chi connectivity index (χ1v) is 5.72. The van der Waals surface area contributed by atoms with E-state index in [-0.39, 0.29) is 11.9 Å². The van der Waals surface area contributed by atoms with E-state index in [4.69, 9.17) is 0 Å². The molecule has 0 radical (unpaired) electrons. The molecule has 3 nitrogen and oxygen atoms in total.